The van der Waals surface area contributed by atoms with E-state index in [-0.39, 0.29) is 28.7 Å². The van der Waals surface area contributed by atoms with Crippen LogP contribution in [0.4, 0.5) is 24.9 Å². The number of rotatable bonds is 12. The molecule has 2 aromatic rings. The number of halogens is 3. The fourth-order valence-corrected chi connectivity index (χ4v) is 10.5. The molecule has 5 aliphatic carbocycles. The molecule has 5 fully saturated rings. The van der Waals surface area contributed by atoms with Crippen LogP contribution in [0.5, 0.6) is 5.75 Å². The number of para-hydroxylation sites is 1. The Morgan fingerprint density at radius 3 is 2.35 bits per heavy atom. The number of alkyl halides is 3. The Morgan fingerprint density at radius 1 is 1.00 bits per heavy atom. The number of nitriles is 1. The molecule has 1 aromatic carbocycles. The summed E-state index contributed by atoms with van der Waals surface area (Å²) in [7, 11) is -1.73. The van der Waals surface area contributed by atoms with Crippen molar-refractivity contribution in [3.63, 3.8) is 0 Å². The maximum Gasteiger partial charge on any atom is 0.573 e. The van der Waals surface area contributed by atoms with Gasteiger partial charge in [0.1, 0.15) is 23.2 Å². The van der Waals surface area contributed by atoms with Gasteiger partial charge in [-0.3, -0.25) is 0 Å². The molecule has 3 N–H and O–H groups in total. The van der Waals surface area contributed by atoms with Crippen molar-refractivity contribution in [3.05, 3.63) is 41.6 Å². The van der Waals surface area contributed by atoms with Crippen LogP contribution in [0.1, 0.15) is 89.7 Å². The predicted octanol–water partition coefficient (Wildman–Crippen LogP) is 8.64. The number of hydrogen-bond donors (Lipinski definition) is 3. The molecule has 7 rings (SSSR count). The summed E-state index contributed by atoms with van der Waals surface area (Å²) >= 11 is 0. The van der Waals surface area contributed by atoms with Gasteiger partial charge in [0.2, 0.25) is 5.95 Å². The zero-order valence-electron chi connectivity index (χ0n) is 29.6. The van der Waals surface area contributed by atoms with Crippen molar-refractivity contribution in [3.8, 4) is 11.8 Å². The molecule has 5 aliphatic rings. The zero-order valence-corrected chi connectivity index (χ0v) is 30.6. The van der Waals surface area contributed by atoms with Crippen molar-refractivity contribution >= 4 is 20.1 Å². The number of nitrogens with one attached hydrogen (secondary N) is 3. The normalized spacial score (nSPS) is 29.8. The molecule has 8 nitrogen and oxygen atoms in total. The molecule has 0 spiro atoms. The average molecular weight is 699 g/mol. The summed E-state index contributed by atoms with van der Waals surface area (Å²) in [4.78, 5) is 8.82. The van der Waals surface area contributed by atoms with Gasteiger partial charge in [-0.25, -0.2) is 4.98 Å². The van der Waals surface area contributed by atoms with Crippen LogP contribution in [-0.4, -0.2) is 49.9 Å². The summed E-state index contributed by atoms with van der Waals surface area (Å²) in [5, 5.41) is 20.6. The Kier molecular flexibility index (Phi) is 10.3. The van der Waals surface area contributed by atoms with E-state index in [1.807, 2.05) is 0 Å². The lowest BCUT2D eigenvalue weighted by Crippen LogP contribution is -2.60. The second-order valence-electron chi connectivity index (χ2n) is 16.9. The molecule has 1 heterocycles. The summed E-state index contributed by atoms with van der Waals surface area (Å²) in [5.74, 6) is 3.23. The Balaban J connectivity index is 1.02. The van der Waals surface area contributed by atoms with Crippen LogP contribution in [0.25, 0.3) is 0 Å². The van der Waals surface area contributed by atoms with E-state index in [1.165, 1.54) is 76.1 Å². The summed E-state index contributed by atoms with van der Waals surface area (Å²) in [6.07, 6.45) is 8.09. The summed E-state index contributed by atoms with van der Waals surface area (Å²) in [6, 6.07) is 8.75. The SMILES string of the molecule is CC(C)(C)[Si](C)(C)O[C@H]1CC[C@H](CN[C@@H]2[C@@H]3CC4C[C@H]2C[C@@](CNc2nc(NCc5ccccc5OC(F)(F)F)ncc2C#N)(C4)C3)CC1. The molecule has 5 atom stereocenters. The van der Waals surface area contributed by atoms with E-state index in [1.54, 1.807) is 12.1 Å². The van der Waals surface area contributed by atoms with Crippen LogP contribution in [0.15, 0.2) is 30.5 Å². The molecular formula is C37H53F3N6O2Si. The molecule has 49 heavy (non-hydrogen) atoms. The van der Waals surface area contributed by atoms with Crippen molar-refractivity contribution in [1.82, 2.24) is 15.3 Å². The highest BCUT2D eigenvalue weighted by atomic mass is 28.4. The van der Waals surface area contributed by atoms with Crippen molar-refractivity contribution in [1.29, 1.82) is 5.26 Å². The molecule has 0 amide bonds. The number of hydrogen-bond acceptors (Lipinski definition) is 8. The van der Waals surface area contributed by atoms with E-state index >= 15 is 0 Å². The molecule has 4 bridgehead atoms. The van der Waals surface area contributed by atoms with Crippen molar-refractivity contribution in [2.45, 2.75) is 122 Å². The highest BCUT2D eigenvalue weighted by Gasteiger charge is 2.55. The monoisotopic (exact) mass is 698 g/mol. The molecule has 12 heteroatoms. The second-order valence-corrected chi connectivity index (χ2v) is 21.6. The van der Waals surface area contributed by atoms with E-state index in [0.717, 1.165) is 24.9 Å². The van der Waals surface area contributed by atoms with Crippen molar-refractivity contribution in [2.24, 2.45) is 29.1 Å². The minimum absolute atomic E-state index is 0.0348. The molecule has 1 unspecified atom stereocenters. The third-order valence-electron chi connectivity index (χ3n) is 12.3. The van der Waals surface area contributed by atoms with Gasteiger partial charge in [0.05, 0.1) is 6.20 Å². The van der Waals surface area contributed by atoms with Crippen LogP contribution < -0.4 is 20.7 Å². The summed E-state index contributed by atoms with van der Waals surface area (Å²) in [6.45, 7) is 13.6. The van der Waals surface area contributed by atoms with E-state index in [4.69, 9.17) is 4.43 Å². The zero-order chi connectivity index (χ0) is 35.0. The van der Waals surface area contributed by atoms with Gasteiger partial charge in [0.25, 0.3) is 0 Å². The highest BCUT2D eigenvalue weighted by molar-refractivity contribution is 6.74. The van der Waals surface area contributed by atoms with Crippen molar-refractivity contribution < 1.29 is 22.3 Å². The number of benzene rings is 1. The minimum Gasteiger partial charge on any atom is -0.414 e. The van der Waals surface area contributed by atoms with Gasteiger partial charge in [0.15, 0.2) is 8.32 Å². The minimum atomic E-state index is -4.79. The number of anilines is 2. The van der Waals surface area contributed by atoms with Crippen LogP contribution in [0.3, 0.4) is 0 Å². The van der Waals surface area contributed by atoms with Crippen LogP contribution >= 0.6 is 0 Å². The molecule has 0 radical (unpaired) electrons. The lowest BCUT2D eigenvalue weighted by molar-refractivity contribution is -0.274. The third-order valence-corrected chi connectivity index (χ3v) is 16.8. The number of ether oxygens (including phenoxy) is 1. The first-order valence-corrected chi connectivity index (χ1v) is 21.0. The van der Waals surface area contributed by atoms with Gasteiger partial charge in [0, 0.05) is 30.8 Å². The van der Waals surface area contributed by atoms with E-state index < -0.39 is 14.7 Å². The second kappa shape index (κ2) is 14.0. The number of nitrogens with zero attached hydrogens (tertiary/aromatic N) is 3. The average Bonchev–Trinajstić information content (AvgIpc) is 3.02. The first-order chi connectivity index (χ1) is 23.1. The molecule has 1 aromatic heterocycles. The first kappa shape index (κ1) is 35.9. The Morgan fingerprint density at radius 2 is 1.69 bits per heavy atom. The molecule has 5 saturated carbocycles. The van der Waals surface area contributed by atoms with Gasteiger partial charge in [-0.1, -0.05) is 39.0 Å². The quantitative estimate of drug-likeness (QED) is 0.189. The fraction of sp³-hybridized carbons (Fsp3) is 0.703. The highest BCUT2D eigenvalue weighted by Crippen LogP contribution is 2.60. The molecule has 0 aliphatic heterocycles. The summed E-state index contributed by atoms with van der Waals surface area (Å²) < 4.78 is 49.6. The third kappa shape index (κ3) is 8.54. The topological polar surface area (TPSA) is 104 Å². The standard InChI is InChI=1S/C37H53F3N6O2Si/c1-35(2,3)49(4,5)48-30-12-10-24(11-13-30)20-42-32-27-14-25-15-28(32)18-36(16-25,17-27)23-45-33-29(19-41)22-44-34(46-33)43-21-26-8-6-7-9-31(26)47-37(38,39)40/h6-9,22,24-25,27-28,30,32,42H,10-18,20-21,23H2,1-5H3,(H2,43,44,45,46)/t24-,25?,27-,28+,30-,32-,36-. The largest absolute Gasteiger partial charge is 0.573 e. The van der Waals surface area contributed by atoms with Crippen LogP contribution in [-0.2, 0) is 11.0 Å². The Bertz CT molecular complexity index is 1480. The van der Waals surface area contributed by atoms with Crippen LogP contribution in [0.2, 0.25) is 18.1 Å². The maximum absolute atomic E-state index is 12.9. The van der Waals surface area contributed by atoms with E-state index in [2.05, 4.69) is 70.6 Å². The first-order valence-electron chi connectivity index (χ1n) is 18.1. The van der Waals surface area contributed by atoms with Gasteiger partial charge >= 0.3 is 6.36 Å². The van der Waals surface area contributed by atoms with E-state index in [9.17, 15) is 18.4 Å². The van der Waals surface area contributed by atoms with Gasteiger partial charge in [-0.2, -0.15) is 10.2 Å². The predicted molar refractivity (Wildman–Crippen MR) is 187 cm³/mol. The summed E-state index contributed by atoms with van der Waals surface area (Å²) in [5.41, 5.74) is 0.842. The number of aromatic nitrogens is 2. The smallest absolute Gasteiger partial charge is 0.414 e. The lowest BCUT2D eigenvalue weighted by Gasteiger charge is -2.60. The fourth-order valence-electron chi connectivity index (χ4n) is 9.10. The van der Waals surface area contributed by atoms with Crippen LogP contribution in [0, 0.1) is 40.4 Å². The van der Waals surface area contributed by atoms with Gasteiger partial charge in [-0.05, 0) is 118 Å². The van der Waals surface area contributed by atoms with Gasteiger partial charge < -0.3 is 25.1 Å². The Labute approximate surface area is 290 Å². The maximum atomic E-state index is 12.9. The Hall–Kier alpha value is -2.88. The van der Waals surface area contributed by atoms with E-state index in [0.29, 0.717) is 40.9 Å². The molecular weight excluding hydrogens is 646 g/mol. The molecule has 268 valence electrons. The molecule has 0 saturated heterocycles. The van der Waals surface area contributed by atoms with Gasteiger partial charge in [-0.15, -0.1) is 13.2 Å². The lowest BCUT2D eigenvalue weighted by atomic mass is 9.48. The van der Waals surface area contributed by atoms with Crippen molar-refractivity contribution in [2.75, 3.05) is 23.7 Å².